The van der Waals surface area contributed by atoms with Gasteiger partial charge in [0.1, 0.15) is 5.82 Å². The lowest BCUT2D eigenvalue weighted by molar-refractivity contribution is -0.197. The number of rotatable bonds is 2. The van der Waals surface area contributed by atoms with E-state index in [4.69, 9.17) is 14.5 Å². The van der Waals surface area contributed by atoms with Crippen LogP contribution in [0, 0.1) is 12.8 Å². The van der Waals surface area contributed by atoms with Gasteiger partial charge >= 0.3 is 0 Å². The van der Waals surface area contributed by atoms with Crippen LogP contribution in [-0.4, -0.2) is 28.6 Å². The first-order chi connectivity index (χ1) is 14.7. The lowest BCUT2D eigenvalue weighted by Gasteiger charge is -2.51. The molecule has 3 aliphatic rings. The molecular weight excluding hydrogens is 372 g/mol. The average Bonchev–Trinajstić information content (AvgIpc) is 3.39. The van der Waals surface area contributed by atoms with Crippen molar-refractivity contribution < 1.29 is 9.47 Å². The van der Waals surface area contributed by atoms with Crippen LogP contribution in [0.5, 0.6) is 0 Å². The van der Waals surface area contributed by atoms with Crippen molar-refractivity contribution in [3.05, 3.63) is 83.4 Å². The average molecular weight is 401 g/mol. The molecule has 0 bridgehead atoms. The topological polar surface area (TPSA) is 36.3 Å². The van der Waals surface area contributed by atoms with Crippen LogP contribution in [-0.2, 0) is 21.3 Å². The van der Waals surface area contributed by atoms with Gasteiger partial charge in [0, 0.05) is 29.6 Å². The van der Waals surface area contributed by atoms with Gasteiger partial charge in [-0.25, -0.2) is 4.98 Å². The molecular formula is C26H28N2O2. The molecule has 0 N–H and O–H groups in total. The van der Waals surface area contributed by atoms with E-state index in [-0.39, 0.29) is 11.2 Å². The van der Waals surface area contributed by atoms with E-state index in [2.05, 4.69) is 72.2 Å². The van der Waals surface area contributed by atoms with Crippen molar-refractivity contribution in [3.8, 4) is 5.69 Å². The smallest absolute Gasteiger partial charge is 0.168 e. The molecule has 154 valence electrons. The van der Waals surface area contributed by atoms with Crippen LogP contribution >= 0.6 is 0 Å². The minimum atomic E-state index is -0.377. The zero-order valence-electron chi connectivity index (χ0n) is 17.5. The number of fused-ring (bicyclic) bond motifs is 3. The summed E-state index contributed by atoms with van der Waals surface area (Å²) in [5, 5.41) is 0. The summed E-state index contributed by atoms with van der Waals surface area (Å²) in [5.74, 6) is 1.17. The Kier molecular flexibility index (Phi) is 4.15. The number of nitrogens with zero attached hydrogens (tertiary/aromatic N) is 2. The second-order valence-corrected chi connectivity index (χ2v) is 9.01. The first-order valence-electron chi connectivity index (χ1n) is 11.2. The second kappa shape index (κ2) is 6.79. The molecule has 2 atom stereocenters. The fraction of sp³-hybridized carbons (Fsp3) is 0.423. The summed E-state index contributed by atoms with van der Waals surface area (Å²) in [4.78, 5) is 5.26. The molecule has 0 radical (unpaired) electrons. The van der Waals surface area contributed by atoms with Crippen LogP contribution in [0.1, 0.15) is 48.5 Å². The summed E-state index contributed by atoms with van der Waals surface area (Å²) >= 11 is 0. The zero-order valence-corrected chi connectivity index (χ0v) is 17.5. The van der Waals surface area contributed by atoms with Crippen molar-refractivity contribution in [2.24, 2.45) is 5.92 Å². The highest BCUT2D eigenvalue weighted by molar-refractivity contribution is 5.47. The Balaban J connectivity index is 1.53. The highest BCUT2D eigenvalue weighted by atomic mass is 16.7. The number of ether oxygens (including phenoxy) is 2. The standard InChI is InChI=1S/C26H28N2O2/c1-19-27-24-23(28(19)22-10-6-3-7-11-22)13-12-21-18-25(29-16-17-30-25)14-15-26(21,24)20-8-4-2-5-9-20/h2-11,21H,12-18H2,1H3. The van der Waals surface area contributed by atoms with Gasteiger partial charge in [-0.1, -0.05) is 48.5 Å². The van der Waals surface area contributed by atoms with Crippen molar-refractivity contribution in [2.45, 2.75) is 50.2 Å². The molecule has 1 aromatic heterocycles. The van der Waals surface area contributed by atoms with Crippen molar-refractivity contribution in [1.82, 2.24) is 9.55 Å². The van der Waals surface area contributed by atoms with Crippen molar-refractivity contribution in [3.63, 3.8) is 0 Å². The number of para-hydroxylation sites is 1. The first-order valence-corrected chi connectivity index (χ1v) is 11.2. The lowest BCUT2D eigenvalue weighted by atomic mass is 9.55. The van der Waals surface area contributed by atoms with E-state index >= 15 is 0 Å². The van der Waals surface area contributed by atoms with Gasteiger partial charge in [-0.05, 0) is 49.8 Å². The van der Waals surface area contributed by atoms with Gasteiger partial charge in [-0.2, -0.15) is 0 Å². The van der Waals surface area contributed by atoms with Gasteiger partial charge in [0.15, 0.2) is 5.79 Å². The molecule has 2 aliphatic carbocycles. The van der Waals surface area contributed by atoms with E-state index in [1.165, 1.54) is 22.6 Å². The van der Waals surface area contributed by atoms with Gasteiger partial charge in [0.05, 0.1) is 18.9 Å². The molecule has 1 spiro atoms. The van der Waals surface area contributed by atoms with Crippen LogP contribution in [0.3, 0.4) is 0 Å². The van der Waals surface area contributed by atoms with E-state index < -0.39 is 0 Å². The van der Waals surface area contributed by atoms with Gasteiger partial charge < -0.3 is 14.0 Å². The number of benzene rings is 2. The second-order valence-electron chi connectivity index (χ2n) is 9.01. The third-order valence-electron chi connectivity index (χ3n) is 7.56. The summed E-state index contributed by atoms with van der Waals surface area (Å²) in [6.07, 6.45) is 5.07. The molecule has 3 aromatic rings. The molecule has 2 heterocycles. The van der Waals surface area contributed by atoms with E-state index in [0.717, 1.165) is 51.1 Å². The van der Waals surface area contributed by atoms with E-state index in [1.807, 2.05) is 0 Å². The summed E-state index contributed by atoms with van der Waals surface area (Å²) in [5.41, 5.74) is 5.18. The molecule has 30 heavy (non-hydrogen) atoms. The van der Waals surface area contributed by atoms with Gasteiger partial charge in [-0.15, -0.1) is 0 Å². The maximum Gasteiger partial charge on any atom is 0.168 e. The van der Waals surface area contributed by atoms with Crippen LogP contribution in [0.4, 0.5) is 0 Å². The Hall–Kier alpha value is -2.43. The predicted octanol–water partition coefficient (Wildman–Crippen LogP) is 4.96. The Morgan fingerprint density at radius 3 is 2.37 bits per heavy atom. The third kappa shape index (κ3) is 2.57. The number of hydrogen-bond acceptors (Lipinski definition) is 3. The highest BCUT2D eigenvalue weighted by Crippen LogP contribution is 2.57. The predicted molar refractivity (Wildman–Crippen MR) is 116 cm³/mol. The van der Waals surface area contributed by atoms with Crippen LogP contribution in [0.25, 0.3) is 5.69 Å². The molecule has 1 saturated heterocycles. The maximum atomic E-state index is 6.15. The van der Waals surface area contributed by atoms with E-state index in [1.54, 1.807) is 0 Å². The SMILES string of the molecule is Cc1nc2c(n1-c1ccccc1)CCC1CC3(CCC21c1ccccc1)OCCO3. The molecule has 2 aromatic carbocycles. The Morgan fingerprint density at radius 1 is 0.933 bits per heavy atom. The van der Waals surface area contributed by atoms with E-state index in [9.17, 15) is 0 Å². The van der Waals surface area contributed by atoms with Crippen molar-refractivity contribution >= 4 is 0 Å². The summed E-state index contributed by atoms with van der Waals surface area (Å²) in [7, 11) is 0. The van der Waals surface area contributed by atoms with Crippen LogP contribution in [0.2, 0.25) is 0 Å². The summed E-state index contributed by atoms with van der Waals surface area (Å²) in [6, 6.07) is 21.7. The number of hydrogen-bond donors (Lipinski definition) is 0. The van der Waals surface area contributed by atoms with Crippen molar-refractivity contribution in [1.29, 1.82) is 0 Å². The Morgan fingerprint density at radius 2 is 1.63 bits per heavy atom. The molecule has 6 rings (SSSR count). The Labute approximate surface area is 177 Å². The summed E-state index contributed by atoms with van der Waals surface area (Å²) in [6.45, 7) is 3.59. The van der Waals surface area contributed by atoms with Crippen LogP contribution in [0.15, 0.2) is 60.7 Å². The minimum absolute atomic E-state index is 0.0693. The maximum absolute atomic E-state index is 6.15. The molecule has 1 saturated carbocycles. The monoisotopic (exact) mass is 400 g/mol. The van der Waals surface area contributed by atoms with Gasteiger partial charge in [0.25, 0.3) is 0 Å². The number of aromatic nitrogens is 2. The molecule has 4 heteroatoms. The van der Waals surface area contributed by atoms with Gasteiger partial charge in [0.2, 0.25) is 0 Å². The minimum Gasteiger partial charge on any atom is -0.348 e. The van der Waals surface area contributed by atoms with Gasteiger partial charge in [-0.3, -0.25) is 0 Å². The lowest BCUT2D eigenvalue weighted by Crippen LogP contribution is -2.51. The molecule has 0 amide bonds. The fourth-order valence-electron chi connectivity index (χ4n) is 6.31. The molecule has 1 aliphatic heterocycles. The summed E-state index contributed by atoms with van der Waals surface area (Å²) < 4.78 is 14.7. The fourth-order valence-corrected chi connectivity index (χ4v) is 6.31. The molecule has 4 nitrogen and oxygen atoms in total. The number of imidazole rings is 1. The molecule has 2 fully saturated rings. The molecule has 2 unspecified atom stereocenters. The largest absolute Gasteiger partial charge is 0.348 e. The zero-order chi connectivity index (χ0) is 20.2. The highest BCUT2D eigenvalue weighted by Gasteiger charge is 2.56. The third-order valence-corrected chi connectivity index (χ3v) is 7.56. The van der Waals surface area contributed by atoms with Crippen LogP contribution < -0.4 is 0 Å². The Bertz CT molecular complexity index is 1050. The first kappa shape index (κ1) is 18.3. The van der Waals surface area contributed by atoms with Crippen molar-refractivity contribution in [2.75, 3.05) is 13.2 Å². The number of aryl methyl sites for hydroxylation is 1. The van der Waals surface area contributed by atoms with E-state index in [0.29, 0.717) is 5.92 Å². The quantitative estimate of drug-likeness (QED) is 0.610. The normalized spacial score (nSPS) is 27.0.